The molecule has 6 N–H and O–H groups in total. The van der Waals surface area contributed by atoms with Gasteiger partial charge in [0.1, 0.15) is 17.6 Å². The van der Waals surface area contributed by atoms with Crippen molar-refractivity contribution >= 4 is 23.7 Å². The Labute approximate surface area is 173 Å². The Morgan fingerprint density at radius 1 is 0.966 bits per heavy atom. The fraction of sp³-hybridized carbons (Fsp3) is 0.800. The van der Waals surface area contributed by atoms with Gasteiger partial charge in [0.25, 0.3) is 0 Å². The monoisotopic (exact) mass is 414 g/mol. The third kappa shape index (κ3) is 8.81. The fourth-order valence-corrected chi connectivity index (χ4v) is 2.50. The summed E-state index contributed by atoms with van der Waals surface area (Å²) in [6.45, 7) is 13.4. The first-order chi connectivity index (χ1) is 13.0. The Balaban J connectivity index is 5.37. The second kappa shape index (κ2) is 10.6. The standard InChI is InChI=1S/C20H38N4O5/c1-9-12(4)14(23-17(28)19(5,6)21)15(25)24-20(7,8)18(29)22-13(16(26)27)10-11(2)3/h11-14H,9-10,21H2,1-8H3,(H,22,29)(H,23,28)(H,24,25)(H,26,27)/t12-,13-,14-/m0/s1. The summed E-state index contributed by atoms with van der Waals surface area (Å²) in [6.07, 6.45) is 0.883. The summed E-state index contributed by atoms with van der Waals surface area (Å²) >= 11 is 0. The first-order valence-corrected chi connectivity index (χ1v) is 9.98. The van der Waals surface area contributed by atoms with E-state index >= 15 is 0 Å². The van der Waals surface area contributed by atoms with Gasteiger partial charge in [0.05, 0.1) is 5.54 Å². The Morgan fingerprint density at radius 3 is 1.86 bits per heavy atom. The highest BCUT2D eigenvalue weighted by Crippen LogP contribution is 2.13. The number of hydrogen-bond donors (Lipinski definition) is 5. The van der Waals surface area contributed by atoms with E-state index in [4.69, 9.17) is 5.73 Å². The fourth-order valence-electron chi connectivity index (χ4n) is 2.50. The molecule has 3 atom stereocenters. The van der Waals surface area contributed by atoms with Crippen LogP contribution >= 0.6 is 0 Å². The minimum atomic E-state index is -1.38. The zero-order valence-electron chi connectivity index (χ0n) is 18.9. The number of aliphatic carboxylic acids is 1. The van der Waals surface area contributed by atoms with E-state index < -0.39 is 46.9 Å². The van der Waals surface area contributed by atoms with E-state index in [1.807, 2.05) is 27.7 Å². The number of carboxylic acids is 1. The van der Waals surface area contributed by atoms with E-state index in [2.05, 4.69) is 16.0 Å². The van der Waals surface area contributed by atoms with E-state index in [1.165, 1.54) is 27.7 Å². The maximum Gasteiger partial charge on any atom is 0.326 e. The number of hydrogen-bond acceptors (Lipinski definition) is 5. The highest BCUT2D eigenvalue weighted by atomic mass is 16.4. The third-order valence-electron chi connectivity index (χ3n) is 4.68. The van der Waals surface area contributed by atoms with Crippen LogP contribution in [0.2, 0.25) is 0 Å². The SMILES string of the molecule is CC[C@H](C)[C@H](NC(=O)C(C)(C)N)C(=O)NC(C)(C)C(=O)N[C@@H](CC(C)C)C(=O)O. The molecule has 0 radical (unpaired) electrons. The van der Waals surface area contributed by atoms with Gasteiger partial charge in [-0.15, -0.1) is 0 Å². The van der Waals surface area contributed by atoms with Crippen LogP contribution in [0.15, 0.2) is 0 Å². The lowest BCUT2D eigenvalue weighted by Crippen LogP contribution is -2.63. The van der Waals surface area contributed by atoms with Crippen molar-refractivity contribution in [3.05, 3.63) is 0 Å². The molecule has 3 amide bonds. The van der Waals surface area contributed by atoms with E-state index in [0.29, 0.717) is 6.42 Å². The summed E-state index contributed by atoms with van der Waals surface area (Å²) in [5.74, 6) is -2.90. The van der Waals surface area contributed by atoms with E-state index in [-0.39, 0.29) is 18.3 Å². The Morgan fingerprint density at radius 2 is 1.48 bits per heavy atom. The number of carboxylic acid groups (broad SMARTS) is 1. The molecule has 0 aromatic heterocycles. The maximum absolute atomic E-state index is 12.9. The molecule has 0 aromatic rings. The lowest BCUT2D eigenvalue weighted by atomic mass is 9.94. The maximum atomic E-state index is 12.9. The summed E-state index contributed by atoms with van der Waals surface area (Å²) in [4.78, 5) is 49.2. The number of nitrogens with two attached hydrogens (primary N) is 1. The Hall–Kier alpha value is -2.16. The van der Waals surface area contributed by atoms with Crippen LogP contribution in [0.4, 0.5) is 0 Å². The van der Waals surface area contributed by atoms with Gasteiger partial charge in [-0.3, -0.25) is 14.4 Å². The predicted octanol–water partition coefficient (Wildman–Crippen LogP) is 0.765. The van der Waals surface area contributed by atoms with Crippen molar-refractivity contribution in [2.75, 3.05) is 0 Å². The molecule has 0 unspecified atom stereocenters. The smallest absolute Gasteiger partial charge is 0.326 e. The first-order valence-electron chi connectivity index (χ1n) is 9.98. The van der Waals surface area contributed by atoms with E-state index in [9.17, 15) is 24.3 Å². The Kier molecular flexibility index (Phi) is 9.78. The van der Waals surface area contributed by atoms with Gasteiger partial charge in [0, 0.05) is 0 Å². The molecule has 0 bridgehead atoms. The molecule has 29 heavy (non-hydrogen) atoms. The molecule has 0 saturated carbocycles. The number of nitrogens with one attached hydrogen (secondary N) is 3. The number of rotatable bonds is 11. The topological polar surface area (TPSA) is 151 Å². The average Bonchev–Trinajstić information content (AvgIpc) is 2.55. The van der Waals surface area contributed by atoms with Gasteiger partial charge in [-0.05, 0) is 46.0 Å². The lowest BCUT2D eigenvalue weighted by molar-refractivity contribution is -0.143. The number of amides is 3. The van der Waals surface area contributed by atoms with E-state index in [0.717, 1.165) is 0 Å². The van der Waals surface area contributed by atoms with Crippen LogP contribution in [0.1, 0.15) is 68.2 Å². The molecule has 0 heterocycles. The average molecular weight is 415 g/mol. The normalized spacial score (nSPS) is 15.2. The van der Waals surface area contributed by atoms with Crippen LogP contribution in [-0.4, -0.2) is 52.0 Å². The van der Waals surface area contributed by atoms with Gasteiger partial charge in [0.15, 0.2) is 0 Å². The van der Waals surface area contributed by atoms with Crippen molar-refractivity contribution in [2.45, 2.75) is 91.4 Å². The van der Waals surface area contributed by atoms with Gasteiger partial charge in [-0.1, -0.05) is 34.1 Å². The third-order valence-corrected chi connectivity index (χ3v) is 4.68. The molecule has 0 aliphatic rings. The van der Waals surface area contributed by atoms with Gasteiger partial charge in [-0.25, -0.2) is 4.79 Å². The molecule has 9 heteroatoms. The van der Waals surface area contributed by atoms with Crippen molar-refractivity contribution in [3.8, 4) is 0 Å². The van der Waals surface area contributed by atoms with E-state index in [1.54, 1.807) is 0 Å². The zero-order valence-corrected chi connectivity index (χ0v) is 18.9. The molecular formula is C20H38N4O5. The predicted molar refractivity (Wildman–Crippen MR) is 111 cm³/mol. The highest BCUT2D eigenvalue weighted by Gasteiger charge is 2.37. The largest absolute Gasteiger partial charge is 0.480 e. The zero-order chi connectivity index (χ0) is 23.2. The summed E-state index contributed by atoms with van der Waals surface area (Å²) in [6, 6.07) is -1.94. The molecule has 0 aliphatic carbocycles. The van der Waals surface area contributed by atoms with Crippen LogP contribution < -0.4 is 21.7 Å². The molecule has 0 aromatic carbocycles. The minimum Gasteiger partial charge on any atom is -0.480 e. The van der Waals surface area contributed by atoms with Crippen LogP contribution in [0.25, 0.3) is 0 Å². The van der Waals surface area contributed by atoms with Crippen LogP contribution in [-0.2, 0) is 19.2 Å². The van der Waals surface area contributed by atoms with Crippen molar-refractivity contribution in [2.24, 2.45) is 17.6 Å². The quantitative estimate of drug-likeness (QED) is 0.337. The molecular weight excluding hydrogens is 376 g/mol. The molecule has 0 aliphatic heterocycles. The molecule has 0 spiro atoms. The summed E-state index contributed by atoms with van der Waals surface area (Å²) in [5, 5.41) is 17.1. The summed E-state index contributed by atoms with van der Waals surface area (Å²) < 4.78 is 0. The summed E-state index contributed by atoms with van der Waals surface area (Å²) in [5.41, 5.74) is 3.26. The second-order valence-corrected chi connectivity index (χ2v) is 9.17. The van der Waals surface area contributed by atoms with Crippen molar-refractivity contribution in [3.63, 3.8) is 0 Å². The van der Waals surface area contributed by atoms with Gasteiger partial charge in [0.2, 0.25) is 17.7 Å². The first kappa shape index (κ1) is 26.8. The molecule has 168 valence electrons. The summed E-state index contributed by atoms with van der Waals surface area (Å²) in [7, 11) is 0. The van der Waals surface area contributed by atoms with Crippen LogP contribution in [0, 0.1) is 11.8 Å². The molecule has 0 saturated heterocycles. The van der Waals surface area contributed by atoms with Gasteiger partial charge >= 0.3 is 5.97 Å². The second-order valence-electron chi connectivity index (χ2n) is 9.17. The highest BCUT2D eigenvalue weighted by molar-refractivity contribution is 5.96. The molecule has 0 fully saturated rings. The minimum absolute atomic E-state index is 0.0683. The van der Waals surface area contributed by atoms with Gasteiger partial charge in [-0.2, -0.15) is 0 Å². The Bertz CT molecular complexity index is 610. The lowest BCUT2D eigenvalue weighted by Gasteiger charge is -2.32. The number of carbonyl (C=O) groups is 4. The van der Waals surface area contributed by atoms with Crippen molar-refractivity contribution in [1.29, 1.82) is 0 Å². The molecule has 0 rings (SSSR count). The van der Waals surface area contributed by atoms with Crippen molar-refractivity contribution in [1.82, 2.24) is 16.0 Å². The van der Waals surface area contributed by atoms with Crippen molar-refractivity contribution < 1.29 is 24.3 Å². The number of carbonyl (C=O) groups excluding carboxylic acids is 3. The van der Waals surface area contributed by atoms with Crippen LogP contribution in [0.5, 0.6) is 0 Å². The van der Waals surface area contributed by atoms with Crippen LogP contribution in [0.3, 0.4) is 0 Å². The molecule has 9 nitrogen and oxygen atoms in total. The van der Waals surface area contributed by atoms with Gasteiger partial charge < -0.3 is 26.8 Å².